The lowest BCUT2D eigenvalue weighted by Gasteiger charge is -2.19. The van der Waals surface area contributed by atoms with Gasteiger partial charge in [0.05, 0.1) is 6.54 Å². The van der Waals surface area contributed by atoms with Crippen molar-refractivity contribution in [3.05, 3.63) is 30.1 Å². The van der Waals surface area contributed by atoms with E-state index in [4.69, 9.17) is 4.99 Å². The van der Waals surface area contributed by atoms with Crippen molar-refractivity contribution in [2.75, 3.05) is 59.4 Å². The number of halogens is 1. The smallest absolute Gasteiger partial charge is 0.191 e. The molecule has 0 aromatic carbocycles. The fourth-order valence-electron chi connectivity index (χ4n) is 2.82. The summed E-state index contributed by atoms with van der Waals surface area (Å²) in [5.41, 5.74) is 1.11. The standard InChI is InChI=1S/C18H32N6.HI/c1-3-19-18(21-10-8-17-7-4-5-9-20-17)22-11-14-24-13-6-12-23(2)15-16-24;/h4-5,7,9H,3,6,8,10-16H2,1-2H3,(H2,19,21,22);1H. The summed E-state index contributed by atoms with van der Waals surface area (Å²) >= 11 is 0. The molecule has 6 nitrogen and oxygen atoms in total. The molecule has 1 saturated heterocycles. The summed E-state index contributed by atoms with van der Waals surface area (Å²) in [6.07, 6.45) is 4.00. The second-order valence-electron chi connectivity index (χ2n) is 6.26. The van der Waals surface area contributed by atoms with Gasteiger partial charge in [-0.05, 0) is 45.6 Å². The maximum Gasteiger partial charge on any atom is 0.191 e. The Morgan fingerprint density at radius 2 is 2.08 bits per heavy atom. The summed E-state index contributed by atoms with van der Waals surface area (Å²) in [5, 5.41) is 6.72. The van der Waals surface area contributed by atoms with Crippen LogP contribution in [0.3, 0.4) is 0 Å². The number of pyridine rings is 1. The number of hydrogen-bond donors (Lipinski definition) is 2. The van der Waals surface area contributed by atoms with Crippen molar-refractivity contribution in [2.45, 2.75) is 19.8 Å². The van der Waals surface area contributed by atoms with E-state index >= 15 is 0 Å². The van der Waals surface area contributed by atoms with Gasteiger partial charge in [0.15, 0.2) is 5.96 Å². The molecule has 142 valence electrons. The topological polar surface area (TPSA) is 55.8 Å². The first-order valence-electron chi connectivity index (χ1n) is 9.11. The molecule has 1 fully saturated rings. The molecule has 2 heterocycles. The van der Waals surface area contributed by atoms with E-state index in [1.807, 2.05) is 18.3 Å². The SMILES string of the molecule is CCNC(=NCCN1CCCN(C)CC1)NCCc1ccccn1.I. The zero-order valence-electron chi connectivity index (χ0n) is 15.6. The normalized spacial score (nSPS) is 16.8. The molecule has 7 heteroatoms. The molecule has 0 aliphatic carbocycles. The van der Waals surface area contributed by atoms with E-state index in [0.717, 1.165) is 57.3 Å². The van der Waals surface area contributed by atoms with Crippen molar-refractivity contribution in [3.63, 3.8) is 0 Å². The Balaban J connectivity index is 0.00000312. The van der Waals surface area contributed by atoms with Crippen LogP contribution in [0.5, 0.6) is 0 Å². The van der Waals surface area contributed by atoms with E-state index in [9.17, 15) is 0 Å². The van der Waals surface area contributed by atoms with Gasteiger partial charge in [-0.25, -0.2) is 0 Å². The van der Waals surface area contributed by atoms with Crippen LogP contribution in [0.2, 0.25) is 0 Å². The Kier molecular flexibility index (Phi) is 11.8. The van der Waals surface area contributed by atoms with E-state index in [0.29, 0.717) is 0 Å². The Bertz CT molecular complexity index is 482. The van der Waals surface area contributed by atoms with Crippen molar-refractivity contribution < 1.29 is 0 Å². The Hall–Kier alpha value is -0.930. The van der Waals surface area contributed by atoms with E-state index < -0.39 is 0 Å². The van der Waals surface area contributed by atoms with E-state index in [1.165, 1.54) is 19.5 Å². The minimum Gasteiger partial charge on any atom is -0.357 e. The van der Waals surface area contributed by atoms with Crippen LogP contribution in [-0.4, -0.2) is 80.1 Å². The number of rotatable bonds is 7. The van der Waals surface area contributed by atoms with Crippen LogP contribution in [-0.2, 0) is 6.42 Å². The summed E-state index contributed by atoms with van der Waals surface area (Å²) in [6.45, 7) is 10.4. The van der Waals surface area contributed by atoms with Crippen LogP contribution in [0, 0.1) is 0 Å². The average molecular weight is 460 g/mol. The second kappa shape index (κ2) is 13.3. The molecule has 0 bridgehead atoms. The van der Waals surface area contributed by atoms with Gasteiger partial charge in [0.1, 0.15) is 0 Å². The lowest BCUT2D eigenvalue weighted by molar-refractivity contribution is 0.283. The third kappa shape index (κ3) is 9.37. The zero-order chi connectivity index (χ0) is 17.0. The molecular weight excluding hydrogens is 427 g/mol. The molecule has 0 spiro atoms. The Labute approximate surface area is 169 Å². The van der Waals surface area contributed by atoms with E-state index in [-0.39, 0.29) is 24.0 Å². The van der Waals surface area contributed by atoms with Crippen molar-refractivity contribution in [1.29, 1.82) is 0 Å². The highest BCUT2D eigenvalue weighted by Crippen LogP contribution is 2.00. The average Bonchev–Trinajstić information content (AvgIpc) is 2.80. The van der Waals surface area contributed by atoms with Crippen LogP contribution in [0.1, 0.15) is 19.0 Å². The van der Waals surface area contributed by atoms with E-state index in [2.05, 4.69) is 45.5 Å². The molecule has 1 aliphatic heterocycles. The predicted molar refractivity (Wildman–Crippen MR) is 116 cm³/mol. The number of guanidine groups is 1. The first kappa shape index (κ1) is 22.1. The number of nitrogens with one attached hydrogen (secondary N) is 2. The van der Waals surface area contributed by atoms with Crippen LogP contribution >= 0.6 is 24.0 Å². The van der Waals surface area contributed by atoms with Gasteiger partial charge in [-0.3, -0.25) is 9.98 Å². The molecule has 1 aromatic heterocycles. The number of aromatic nitrogens is 1. The van der Waals surface area contributed by atoms with Gasteiger partial charge in [0.25, 0.3) is 0 Å². The van der Waals surface area contributed by atoms with Crippen molar-refractivity contribution >= 4 is 29.9 Å². The molecular formula is C18H33IN6. The number of hydrogen-bond acceptors (Lipinski definition) is 4. The molecule has 2 N–H and O–H groups in total. The zero-order valence-corrected chi connectivity index (χ0v) is 17.9. The monoisotopic (exact) mass is 460 g/mol. The van der Waals surface area contributed by atoms with Gasteiger partial charge in [0.2, 0.25) is 0 Å². The van der Waals surface area contributed by atoms with Gasteiger partial charge in [0, 0.05) is 51.0 Å². The quantitative estimate of drug-likeness (QED) is 0.367. The van der Waals surface area contributed by atoms with Crippen molar-refractivity contribution in [2.24, 2.45) is 4.99 Å². The largest absolute Gasteiger partial charge is 0.357 e. The van der Waals surface area contributed by atoms with Gasteiger partial charge >= 0.3 is 0 Å². The Morgan fingerprint density at radius 3 is 2.84 bits per heavy atom. The first-order chi connectivity index (χ1) is 11.8. The highest BCUT2D eigenvalue weighted by Gasteiger charge is 2.11. The van der Waals surface area contributed by atoms with Gasteiger partial charge < -0.3 is 20.4 Å². The third-order valence-corrected chi connectivity index (χ3v) is 4.24. The van der Waals surface area contributed by atoms with Gasteiger partial charge in [-0.2, -0.15) is 0 Å². The third-order valence-electron chi connectivity index (χ3n) is 4.24. The number of likely N-dealkylation sites (N-methyl/N-ethyl adjacent to an activating group) is 1. The maximum atomic E-state index is 4.71. The van der Waals surface area contributed by atoms with Crippen LogP contribution in [0.4, 0.5) is 0 Å². The summed E-state index contributed by atoms with van der Waals surface area (Å²) < 4.78 is 0. The molecule has 0 unspecified atom stereocenters. The predicted octanol–water partition coefficient (Wildman–Crippen LogP) is 1.43. The Morgan fingerprint density at radius 1 is 1.20 bits per heavy atom. The second-order valence-corrected chi connectivity index (χ2v) is 6.26. The fourth-order valence-corrected chi connectivity index (χ4v) is 2.82. The maximum absolute atomic E-state index is 4.71. The van der Waals surface area contributed by atoms with Crippen LogP contribution in [0.15, 0.2) is 29.4 Å². The molecule has 25 heavy (non-hydrogen) atoms. The minimum absolute atomic E-state index is 0. The van der Waals surface area contributed by atoms with Crippen LogP contribution < -0.4 is 10.6 Å². The summed E-state index contributed by atoms with van der Waals surface area (Å²) in [4.78, 5) is 14.0. The molecule has 0 saturated carbocycles. The summed E-state index contributed by atoms with van der Waals surface area (Å²) in [6, 6.07) is 6.03. The lowest BCUT2D eigenvalue weighted by Crippen LogP contribution is -2.39. The minimum atomic E-state index is 0. The highest BCUT2D eigenvalue weighted by atomic mass is 127. The number of nitrogens with zero attached hydrogens (tertiary/aromatic N) is 4. The van der Waals surface area contributed by atoms with Gasteiger partial charge in [-0.15, -0.1) is 24.0 Å². The molecule has 0 atom stereocenters. The molecule has 1 aromatic rings. The molecule has 0 amide bonds. The summed E-state index contributed by atoms with van der Waals surface area (Å²) in [5.74, 6) is 0.903. The van der Waals surface area contributed by atoms with E-state index in [1.54, 1.807) is 0 Å². The molecule has 2 rings (SSSR count). The molecule has 1 aliphatic rings. The first-order valence-corrected chi connectivity index (χ1v) is 9.11. The summed E-state index contributed by atoms with van der Waals surface area (Å²) in [7, 11) is 2.20. The van der Waals surface area contributed by atoms with Gasteiger partial charge in [-0.1, -0.05) is 6.07 Å². The number of aliphatic imine (C=N–C) groups is 1. The van der Waals surface area contributed by atoms with Crippen LogP contribution in [0.25, 0.3) is 0 Å². The van der Waals surface area contributed by atoms with Crippen molar-refractivity contribution in [3.8, 4) is 0 Å². The fraction of sp³-hybridized carbons (Fsp3) is 0.667. The highest BCUT2D eigenvalue weighted by molar-refractivity contribution is 14.0. The lowest BCUT2D eigenvalue weighted by atomic mass is 10.3. The molecule has 0 radical (unpaired) electrons. The van der Waals surface area contributed by atoms with Crippen molar-refractivity contribution in [1.82, 2.24) is 25.4 Å².